The number of hydrogen-bond acceptors (Lipinski definition) is 5. The van der Waals surface area contributed by atoms with Crippen molar-refractivity contribution in [3.8, 4) is 22.6 Å². The number of carbonyl (C=O) groups excluding carboxylic acids is 1. The number of aryl methyl sites for hydroxylation is 1. The molecule has 6 nitrogen and oxygen atoms in total. The molecule has 11 heteroatoms. The lowest BCUT2D eigenvalue weighted by molar-refractivity contribution is -0.154. The molecule has 0 aliphatic carbocycles. The van der Waals surface area contributed by atoms with Gasteiger partial charge in [0.05, 0.1) is 30.2 Å². The number of aliphatic carboxylic acids is 1. The van der Waals surface area contributed by atoms with Gasteiger partial charge in [-0.2, -0.15) is 13.2 Å². The molecule has 1 heterocycles. The van der Waals surface area contributed by atoms with Gasteiger partial charge in [-0.3, -0.25) is 9.59 Å². The third kappa shape index (κ3) is 9.10. The molecule has 248 valence electrons. The van der Waals surface area contributed by atoms with Gasteiger partial charge in [-0.25, -0.2) is 0 Å². The van der Waals surface area contributed by atoms with Gasteiger partial charge < -0.3 is 19.3 Å². The summed E-state index contributed by atoms with van der Waals surface area (Å²) in [5.74, 6) is -1.16. The fourth-order valence-corrected chi connectivity index (χ4v) is 6.22. The molecule has 0 amide bonds. The fraction of sp³-hybridized carbons (Fsp3) is 0.429. The molecule has 0 spiro atoms. The van der Waals surface area contributed by atoms with Crippen molar-refractivity contribution in [3.05, 3.63) is 80.8 Å². The zero-order valence-corrected chi connectivity index (χ0v) is 27.4. The molecule has 3 aromatic carbocycles. The number of ether oxygens (including phenoxy) is 3. The molecule has 3 aromatic rings. The molecule has 3 atom stereocenters. The van der Waals surface area contributed by atoms with Crippen molar-refractivity contribution in [1.29, 1.82) is 0 Å². The Labute approximate surface area is 276 Å². The van der Waals surface area contributed by atoms with E-state index in [0.29, 0.717) is 76.9 Å². The highest BCUT2D eigenvalue weighted by Crippen LogP contribution is 2.43. The van der Waals surface area contributed by atoms with Gasteiger partial charge in [0.1, 0.15) is 17.6 Å². The van der Waals surface area contributed by atoms with Crippen LogP contribution in [0.25, 0.3) is 11.1 Å². The molecular weight excluding hydrogens is 644 g/mol. The summed E-state index contributed by atoms with van der Waals surface area (Å²) in [5.41, 5.74) is 2.18. The number of hydrogen-bond donors (Lipinski definition) is 1. The Morgan fingerprint density at radius 3 is 2.46 bits per heavy atom. The number of benzene rings is 3. The first-order valence-electron chi connectivity index (χ1n) is 15.2. The minimum atomic E-state index is -4.51. The van der Waals surface area contributed by atoms with E-state index in [1.165, 1.54) is 7.11 Å². The molecule has 1 fully saturated rings. The smallest absolute Gasteiger partial charge is 0.416 e. The third-order valence-corrected chi connectivity index (χ3v) is 8.72. The van der Waals surface area contributed by atoms with Crippen LogP contribution < -0.4 is 9.47 Å². The average Bonchev–Trinajstić information content (AvgIpc) is 3.12. The number of carbonyl (C=O) groups is 2. The Kier molecular flexibility index (Phi) is 11.9. The second-order valence-corrected chi connectivity index (χ2v) is 12.6. The number of carboxylic acid groups (broad SMARTS) is 1. The van der Waals surface area contributed by atoms with Gasteiger partial charge in [0, 0.05) is 23.1 Å². The third-order valence-electron chi connectivity index (χ3n) is 8.19. The monoisotopic (exact) mass is 680 g/mol. The molecular formula is C35H37Cl2F3O6. The summed E-state index contributed by atoms with van der Waals surface area (Å²) in [4.78, 5) is 24.3. The zero-order chi connectivity index (χ0) is 33.6. The molecule has 1 aliphatic heterocycles. The van der Waals surface area contributed by atoms with Crippen LogP contribution in [0.15, 0.2) is 48.5 Å². The van der Waals surface area contributed by atoms with Crippen LogP contribution in [0.2, 0.25) is 10.0 Å². The standard InChI is InChI=1S/C35H37Cl2F3O6/c1-20-13-24(16-25(14-20)35(38,39)40)33-21(2)8-9-22(34(43)46-33)15-23-17-26(36)10-11-27(23)28-18-31(29(37)19-30(28)44-3)45-12-6-4-5-7-32(41)42/h10-11,13-14,16-19,21-22,33H,4-9,12,15H2,1-3H3,(H,41,42)/t21-,22?,33+/m1/s1. The van der Waals surface area contributed by atoms with Crippen LogP contribution >= 0.6 is 23.2 Å². The number of alkyl halides is 3. The fourth-order valence-electron chi connectivity index (χ4n) is 5.82. The van der Waals surface area contributed by atoms with Gasteiger partial charge in [0.25, 0.3) is 0 Å². The second-order valence-electron chi connectivity index (χ2n) is 11.8. The Morgan fingerprint density at radius 1 is 1.00 bits per heavy atom. The normalized spacial score (nSPS) is 18.5. The van der Waals surface area contributed by atoms with Crippen molar-refractivity contribution in [2.45, 2.75) is 71.1 Å². The Balaban J connectivity index is 1.58. The van der Waals surface area contributed by atoms with Crippen LogP contribution in [0.5, 0.6) is 11.5 Å². The largest absolute Gasteiger partial charge is 0.496 e. The molecule has 0 bridgehead atoms. The number of methoxy groups -OCH3 is 1. The maximum atomic E-state index is 13.6. The summed E-state index contributed by atoms with van der Waals surface area (Å²) in [5, 5.41) is 9.64. The summed E-state index contributed by atoms with van der Waals surface area (Å²) in [6.07, 6.45) is -1.99. The number of rotatable bonds is 12. The summed E-state index contributed by atoms with van der Waals surface area (Å²) < 4.78 is 58.2. The SMILES string of the molecule is COc1cc(Cl)c(OCCCCCC(=O)O)cc1-c1ccc(Cl)cc1CC1CC[C@@H](C)[C@@H](c2cc(C)cc(C(F)(F)F)c2)OC1=O. The van der Waals surface area contributed by atoms with E-state index in [1.807, 2.05) is 13.0 Å². The van der Waals surface area contributed by atoms with Crippen LogP contribution in [0.4, 0.5) is 13.2 Å². The second kappa shape index (κ2) is 15.4. The maximum absolute atomic E-state index is 13.6. The molecule has 1 saturated heterocycles. The number of esters is 1. The van der Waals surface area contributed by atoms with Gasteiger partial charge in [-0.15, -0.1) is 0 Å². The average molecular weight is 682 g/mol. The number of carboxylic acids is 1. The highest BCUT2D eigenvalue weighted by molar-refractivity contribution is 6.32. The van der Waals surface area contributed by atoms with Crippen LogP contribution in [0, 0.1) is 18.8 Å². The summed E-state index contributed by atoms with van der Waals surface area (Å²) in [7, 11) is 1.52. The highest BCUT2D eigenvalue weighted by Gasteiger charge is 2.36. The molecule has 0 radical (unpaired) electrons. The van der Waals surface area contributed by atoms with E-state index in [9.17, 15) is 22.8 Å². The Morgan fingerprint density at radius 2 is 1.76 bits per heavy atom. The maximum Gasteiger partial charge on any atom is 0.416 e. The van der Waals surface area contributed by atoms with Crippen molar-refractivity contribution in [2.24, 2.45) is 11.8 Å². The lowest BCUT2D eigenvalue weighted by Gasteiger charge is -2.23. The first-order valence-corrected chi connectivity index (χ1v) is 15.9. The Bertz CT molecular complexity index is 1560. The lowest BCUT2D eigenvalue weighted by Crippen LogP contribution is -2.21. The Hall–Kier alpha value is -3.43. The van der Waals surface area contributed by atoms with E-state index >= 15 is 0 Å². The minimum absolute atomic E-state index is 0.103. The quantitative estimate of drug-likeness (QED) is 0.151. The van der Waals surface area contributed by atoms with Gasteiger partial charge in [0.2, 0.25) is 0 Å². The topological polar surface area (TPSA) is 82.1 Å². The summed E-state index contributed by atoms with van der Waals surface area (Å²) in [6, 6.07) is 12.6. The predicted octanol–water partition coefficient (Wildman–Crippen LogP) is 9.89. The predicted molar refractivity (Wildman–Crippen MR) is 171 cm³/mol. The van der Waals surface area contributed by atoms with Gasteiger partial charge in [-0.05, 0) is 98.4 Å². The van der Waals surface area contributed by atoms with Crippen molar-refractivity contribution in [1.82, 2.24) is 0 Å². The van der Waals surface area contributed by atoms with E-state index in [-0.39, 0.29) is 18.8 Å². The number of cyclic esters (lactones) is 1. The highest BCUT2D eigenvalue weighted by atomic mass is 35.5. The number of unbranched alkanes of at least 4 members (excludes halogenated alkanes) is 2. The van der Waals surface area contributed by atoms with E-state index in [0.717, 1.165) is 23.3 Å². The molecule has 4 rings (SSSR count). The van der Waals surface area contributed by atoms with Crippen molar-refractivity contribution < 1.29 is 42.1 Å². The van der Waals surface area contributed by atoms with E-state index in [2.05, 4.69) is 0 Å². The summed E-state index contributed by atoms with van der Waals surface area (Å²) >= 11 is 12.9. The summed E-state index contributed by atoms with van der Waals surface area (Å²) in [6.45, 7) is 3.82. The number of halogens is 5. The van der Waals surface area contributed by atoms with E-state index in [4.69, 9.17) is 42.5 Å². The van der Waals surface area contributed by atoms with Gasteiger partial charge >= 0.3 is 18.1 Å². The van der Waals surface area contributed by atoms with Crippen LogP contribution in [-0.2, 0) is 26.9 Å². The molecule has 1 unspecified atom stereocenters. The first-order chi connectivity index (χ1) is 21.8. The van der Waals surface area contributed by atoms with Crippen LogP contribution in [0.1, 0.15) is 73.8 Å². The van der Waals surface area contributed by atoms with Crippen molar-refractivity contribution >= 4 is 35.1 Å². The molecule has 1 N–H and O–H groups in total. The molecule has 46 heavy (non-hydrogen) atoms. The molecule has 1 aliphatic rings. The molecule has 0 saturated carbocycles. The van der Waals surface area contributed by atoms with Gasteiger partial charge in [-0.1, -0.05) is 47.8 Å². The van der Waals surface area contributed by atoms with E-state index in [1.54, 1.807) is 37.3 Å². The first kappa shape index (κ1) is 35.4. The van der Waals surface area contributed by atoms with Crippen molar-refractivity contribution in [2.75, 3.05) is 13.7 Å². The van der Waals surface area contributed by atoms with E-state index < -0.39 is 35.7 Å². The van der Waals surface area contributed by atoms with Crippen LogP contribution in [0.3, 0.4) is 0 Å². The molecule has 0 aromatic heterocycles. The van der Waals surface area contributed by atoms with Crippen LogP contribution in [-0.4, -0.2) is 30.8 Å². The van der Waals surface area contributed by atoms with Crippen molar-refractivity contribution in [3.63, 3.8) is 0 Å². The minimum Gasteiger partial charge on any atom is -0.496 e. The van der Waals surface area contributed by atoms with Gasteiger partial charge in [0.15, 0.2) is 0 Å². The zero-order valence-electron chi connectivity index (χ0n) is 25.9. The lowest BCUT2D eigenvalue weighted by atomic mass is 9.87.